The molecule has 0 saturated heterocycles. The first-order chi connectivity index (χ1) is 10.6. The zero-order valence-electron chi connectivity index (χ0n) is 12.4. The molecule has 0 atom stereocenters. The van der Waals surface area contributed by atoms with Crippen LogP contribution in [-0.2, 0) is 0 Å². The number of aromatic nitrogens is 3. The van der Waals surface area contributed by atoms with Gasteiger partial charge in [-0.15, -0.1) is 10.2 Å². The van der Waals surface area contributed by atoms with Crippen molar-refractivity contribution in [2.75, 3.05) is 5.73 Å². The zero-order valence-corrected chi connectivity index (χ0v) is 12.4. The van der Waals surface area contributed by atoms with Crippen LogP contribution in [0.15, 0.2) is 47.3 Å². The minimum absolute atomic E-state index is 0.281. The number of anilines is 1. The summed E-state index contributed by atoms with van der Waals surface area (Å²) in [5.41, 5.74) is 10.2. The molecule has 3 rings (SSSR count). The maximum absolute atomic E-state index is 12.3. The van der Waals surface area contributed by atoms with E-state index >= 15 is 0 Å². The van der Waals surface area contributed by atoms with E-state index in [1.54, 1.807) is 12.1 Å². The summed E-state index contributed by atoms with van der Waals surface area (Å²) in [5.74, 6) is 0.371. The third-order valence-electron chi connectivity index (χ3n) is 3.69. The van der Waals surface area contributed by atoms with E-state index in [2.05, 4.69) is 15.2 Å². The fourth-order valence-corrected chi connectivity index (χ4v) is 2.25. The highest BCUT2D eigenvalue weighted by Gasteiger charge is 2.11. The molecule has 1 aromatic heterocycles. The fourth-order valence-electron chi connectivity index (χ4n) is 2.25. The summed E-state index contributed by atoms with van der Waals surface area (Å²) >= 11 is 0. The SMILES string of the molecule is Cc1ccc(-c2nnc(-c3ccccc3N)[nH]c2=O)cc1C. The van der Waals surface area contributed by atoms with Crippen molar-refractivity contribution in [2.24, 2.45) is 0 Å². The van der Waals surface area contributed by atoms with Gasteiger partial charge < -0.3 is 10.7 Å². The number of nitrogens with zero attached hydrogens (tertiary/aromatic N) is 2. The number of rotatable bonds is 2. The molecule has 5 nitrogen and oxygen atoms in total. The van der Waals surface area contributed by atoms with Gasteiger partial charge in [-0.25, -0.2) is 0 Å². The van der Waals surface area contributed by atoms with E-state index in [0.717, 1.165) is 11.1 Å². The summed E-state index contributed by atoms with van der Waals surface area (Å²) < 4.78 is 0. The number of aryl methyl sites for hydroxylation is 2. The van der Waals surface area contributed by atoms with Crippen molar-refractivity contribution >= 4 is 5.69 Å². The minimum Gasteiger partial charge on any atom is -0.398 e. The first-order valence-electron chi connectivity index (χ1n) is 6.96. The quantitative estimate of drug-likeness (QED) is 0.711. The average molecular weight is 292 g/mol. The number of benzene rings is 2. The first kappa shape index (κ1) is 14.0. The van der Waals surface area contributed by atoms with Crippen LogP contribution in [0.1, 0.15) is 11.1 Å². The van der Waals surface area contributed by atoms with Gasteiger partial charge in [0.05, 0.1) is 0 Å². The van der Waals surface area contributed by atoms with Crippen molar-refractivity contribution in [3.05, 3.63) is 63.9 Å². The van der Waals surface area contributed by atoms with Crippen LogP contribution >= 0.6 is 0 Å². The summed E-state index contributed by atoms with van der Waals surface area (Å²) in [6, 6.07) is 13.0. The van der Waals surface area contributed by atoms with E-state index in [4.69, 9.17) is 5.73 Å². The predicted molar refractivity (Wildman–Crippen MR) is 87.4 cm³/mol. The third kappa shape index (κ3) is 2.48. The molecule has 0 fully saturated rings. The number of hydrogen-bond acceptors (Lipinski definition) is 4. The van der Waals surface area contributed by atoms with E-state index in [9.17, 15) is 4.79 Å². The fraction of sp³-hybridized carbons (Fsp3) is 0.118. The van der Waals surface area contributed by atoms with Gasteiger partial charge in [0.25, 0.3) is 5.56 Å². The molecule has 5 heteroatoms. The van der Waals surface area contributed by atoms with E-state index in [-0.39, 0.29) is 5.56 Å². The van der Waals surface area contributed by atoms with E-state index in [1.807, 2.05) is 44.2 Å². The Bertz CT molecular complexity index is 899. The van der Waals surface area contributed by atoms with Crippen LogP contribution in [-0.4, -0.2) is 15.2 Å². The van der Waals surface area contributed by atoms with Gasteiger partial charge >= 0.3 is 0 Å². The number of para-hydroxylation sites is 1. The molecule has 22 heavy (non-hydrogen) atoms. The smallest absolute Gasteiger partial charge is 0.278 e. The highest BCUT2D eigenvalue weighted by atomic mass is 16.1. The summed E-state index contributed by atoms with van der Waals surface area (Å²) in [6.45, 7) is 4.02. The number of hydrogen-bond donors (Lipinski definition) is 2. The van der Waals surface area contributed by atoms with Gasteiger partial charge in [0.2, 0.25) is 0 Å². The molecule has 3 aromatic rings. The van der Waals surface area contributed by atoms with Crippen LogP contribution in [0.4, 0.5) is 5.69 Å². The zero-order chi connectivity index (χ0) is 15.7. The summed E-state index contributed by atoms with van der Waals surface area (Å²) in [5, 5.41) is 8.20. The van der Waals surface area contributed by atoms with Crippen LogP contribution in [0.2, 0.25) is 0 Å². The summed E-state index contributed by atoms with van der Waals surface area (Å²) in [7, 11) is 0. The monoisotopic (exact) mass is 292 g/mol. The second-order valence-corrected chi connectivity index (χ2v) is 5.24. The number of nitrogen functional groups attached to an aromatic ring is 1. The van der Waals surface area contributed by atoms with Crippen molar-refractivity contribution in [3.8, 4) is 22.6 Å². The Labute approximate surface area is 127 Å². The molecule has 0 unspecified atom stereocenters. The van der Waals surface area contributed by atoms with E-state index in [0.29, 0.717) is 22.8 Å². The normalized spacial score (nSPS) is 10.6. The van der Waals surface area contributed by atoms with Gasteiger partial charge in [0, 0.05) is 16.8 Å². The highest BCUT2D eigenvalue weighted by molar-refractivity contribution is 5.71. The molecular formula is C17H16N4O. The average Bonchev–Trinajstić information content (AvgIpc) is 2.50. The van der Waals surface area contributed by atoms with Gasteiger partial charge in [0.1, 0.15) is 0 Å². The molecule has 0 amide bonds. The van der Waals surface area contributed by atoms with Crippen molar-refractivity contribution < 1.29 is 0 Å². The molecule has 0 radical (unpaired) electrons. The third-order valence-corrected chi connectivity index (χ3v) is 3.69. The Hall–Kier alpha value is -2.95. The lowest BCUT2D eigenvalue weighted by atomic mass is 10.0. The molecule has 3 N–H and O–H groups in total. The second-order valence-electron chi connectivity index (χ2n) is 5.24. The molecule has 0 aliphatic rings. The van der Waals surface area contributed by atoms with Gasteiger partial charge in [-0.1, -0.05) is 24.3 Å². The van der Waals surface area contributed by atoms with E-state index < -0.39 is 0 Å². The first-order valence-corrected chi connectivity index (χ1v) is 6.96. The number of nitrogens with one attached hydrogen (secondary N) is 1. The Kier molecular flexibility index (Phi) is 3.47. The lowest BCUT2D eigenvalue weighted by Crippen LogP contribution is -2.15. The lowest BCUT2D eigenvalue weighted by molar-refractivity contribution is 0.963. The van der Waals surface area contributed by atoms with Crippen molar-refractivity contribution in [1.82, 2.24) is 15.2 Å². The lowest BCUT2D eigenvalue weighted by Gasteiger charge is -2.06. The molecule has 110 valence electrons. The summed E-state index contributed by atoms with van der Waals surface area (Å²) in [6.07, 6.45) is 0. The number of H-pyrrole nitrogens is 1. The van der Waals surface area contributed by atoms with Gasteiger partial charge in [0.15, 0.2) is 11.5 Å². The maximum Gasteiger partial charge on any atom is 0.278 e. The second kappa shape index (κ2) is 5.44. The number of nitrogens with two attached hydrogens (primary N) is 1. The van der Waals surface area contributed by atoms with Crippen LogP contribution in [0, 0.1) is 13.8 Å². The Morgan fingerprint density at radius 3 is 2.45 bits per heavy atom. The molecule has 2 aromatic carbocycles. The largest absolute Gasteiger partial charge is 0.398 e. The highest BCUT2D eigenvalue weighted by Crippen LogP contribution is 2.22. The van der Waals surface area contributed by atoms with Crippen LogP contribution < -0.4 is 11.3 Å². The van der Waals surface area contributed by atoms with Crippen LogP contribution in [0.5, 0.6) is 0 Å². The molecule has 0 saturated carbocycles. The van der Waals surface area contributed by atoms with Gasteiger partial charge in [-0.05, 0) is 43.2 Å². The number of aromatic amines is 1. The Morgan fingerprint density at radius 1 is 1.00 bits per heavy atom. The van der Waals surface area contributed by atoms with Crippen molar-refractivity contribution in [3.63, 3.8) is 0 Å². The van der Waals surface area contributed by atoms with Gasteiger partial charge in [-0.3, -0.25) is 4.79 Å². The Morgan fingerprint density at radius 2 is 1.77 bits per heavy atom. The minimum atomic E-state index is -0.281. The standard InChI is InChI=1S/C17H16N4O/c1-10-7-8-12(9-11(10)2)15-17(22)19-16(21-20-15)13-5-3-4-6-14(13)18/h3-9H,18H2,1-2H3,(H,19,21,22). The molecule has 0 aliphatic carbocycles. The van der Waals surface area contributed by atoms with Gasteiger partial charge in [-0.2, -0.15) is 0 Å². The Balaban J connectivity index is 2.08. The van der Waals surface area contributed by atoms with Crippen molar-refractivity contribution in [1.29, 1.82) is 0 Å². The van der Waals surface area contributed by atoms with E-state index in [1.165, 1.54) is 5.56 Å². The molecule has 0 aliphatic heterocycles. The molecule has 0 spiro atoms. The molecule has 1 heterocycles. The van der Waals surface area contributed by atoms with Crippen molar-refractivity contribution in [2.45, 2.75) is 13.8 Å². The predicted octanol–water partition coefficient (Wildman–Crippen LogP) is 2.70. The molecule has 0 bridgehead atoms. The van der Waals surface area contributed by atoms with Crippen LogP contribution in [0.25, 0.3) is 22.6 Å². The van der Waals surface area contributed by atoms with Crippen LogP contribution in [0.3, 0.4) is 0 Å². The topological polar surface area (TPSA) is 84.7 Å². The maximum atomic E-state index is 12.3. The summed E-state index contributed by atoms with van der Waals surface area (Å²) in [4.78, 5) is 15.1. The molecular weight excluding hydrogens is 276 g/mol.